The van der Waals surface area contributed by atoms with Crippen LogP contribution in [0, 0.1) is 0 Å². The van der Waals surface area contributed by atoms with Gasteiger partial charge in [0.25, 0.3) is 5.56 Å². The van der Waals surface area contributed by atoms with Crippen molar-refractivity contribution < 1.29 is 9.47 Å². The Morgan fingerprint density at radius 1 is 1.12 bits per heavy atom. The van der Waals surface area contributed by atoms with E-state index < -0.39 is 5.69 Å². The average Bonchev–Trinajstić information content (AvgIpc) is 2.61. The molecule has 0 aliphatic carbocycles. The molecule has 0 aliphatic heterocycles. The number of aryl methyl sites for hydroxylation is 1. The van der Waals surface area contributed by atoms with Crippen LogP contribution in [0.2, 0.25) is 0 Å². The molecule has 0 saturated heterocycles. The van der Waals surface area contributed by atoms with Gasteiger partial charge in [0.15, 0.2) is 11.5 Å². The van der Waals surface area contributed by atoms with Crippen LogP contribution >= 0.6 is 0 Å². The lowest BCUT2D eigenvalue weighted by Crippen LogP contribution is -2.35. The van der Waals surface area contributed by atoms with Crippen molar-refractivity contribution in [3.63, 3.8) is 0 Å². The molecule has 124 valence electrons. The molecule has 1 N–H and O–H groups in total. The van der Waals surface area contributed by atoms with Crippen molar-refractivity contribution in [1.82, 2.24) is 14.5 Å². The monoisotopic (exact) mass is 327 g/mol. The molecule has 7 nitrogen and oxygen atoms in total. The van der Waals surface area contributed by atoms with Gasteiger partial charge in [-0.25, -0.2) is 4.79 Å². The highest BCUT2D eigenvalue weighted by Crippen LogP contribution is 2.29. The summed E-state index contributed by atoms with van der Waals surface area (Å²) in [7, 11) is 2.99. The van der Waals surface area contributed by atoms with Crippen LogP contribution in [0.3, 0.4) is 0 Å². The lowest BCUT2D eigenvalue weighted by atomic mass is 10.2. The number of rotatable bonds is 5. The number of benzene rings is 1. The molecule has 2 aromatic heterocycles. The zero-order valence-corrected chi connectivity index (χ0v) is 13.4. The summed E-state index contributed by atoms with van der Waals surface area (Å²) in [5.41, 5.74) is 0.397. The molecule has 0 unspecified atom stereocenters. The first-order valence-electron chi connectivity index (χ1n) is 7.43. The Kier molecular flexibility index (Phi) is 4.33. The minimum absolute atomic E-state index is 0.246. The van der Waals surface area contributed by atoms with Crippen molar-refractivity contribution in [3.05, 3.63) is 63.1 Å². The number of hydrogen-bond donors (Lipinski definition) is 1. The first-order valence-corrected chi connectivity index (χ1v) is 7.43. The summed E-state index contributed by atoms with van der Waals surface area (Å²) in [5, 5.41) is 0.369. The van der Waals surface area contributed by atoms with E-state index in [1.807, 2.05) is 18.2 Å². The maximum absolute atomic E-state index is 12.7. The van der Waals surface area contributed by atoms with Gasteiger partial charge in [0, 0.05) is 30.9 Å². The number of H-pyrrole nitrogens is 1. The van der Waals surface area contributed by atoms with Gasteiger partial charge < -0.3 is 14.5 Å². The smallest absolute Gasteiger partial charge is 0.328 e. The second-order valence-electron chi connectivity index (χ2n) is 5.21. The largest absolute Gasteiger partial charge is 0.493 e. The summed E-state index contributed by atoms with van der Waals surface area (Å²) in [5.74, 6) is 0.886. The zero-order chi connectivity index (χ0) is 17.1. The summed E-state index contributed by atoms with van der Waals surface area (Å²) in [6.45, 7) is 0.246. The lowest BCUT2D eigenvalue weighted by molar-refractivity contribution is 0.355. The van der Waals surface area contributed by atoms with E-state index in [2.05, 4.69) is 9.97 Å². The highest BCUT2D eigenvalue weighted by Gasteiger charge is 2.12. The van der Waals surface area contributed by atoms with Crippen LogP contribution in [-0.2, 0) is 13.0 Å². The van der Waals surface area contributed by atoms with Gasteiger partial charge in [0.2, 0.25) is 0 Å². The first kappa shape index (κ1) is 15.8. The Bertz CT molecular complexity index is 977. The Labute approximate surface area is 137 Å². The Morgan fingerprint density at radius 2 is 1.88 bits per heavy atom. The quantitative estimate of drug-likeness (QED) is 0.764. The Hall–Kier alpha value is -3.09. The molecule has 7 heteroatoms. The lowest BCUT2D eigenvalue weighted by Gasteiger charge is -2.10. The second kappa shape index (κ2) is 6.57. The molecule has 3 aromatic rings. The topological polar surface area (TPSA) is 86.2 Å². The maximum atomic E-state index is 12.7. The molecule has 0 atom stereocenters. The summed E-state index contributed by atoms with van der Waals surface area (Å²) in [6.07, 6.45) is 2.17. The van der Waals surface area contributed by atoms with Crippen molar-refractivity contribution in [2.45, 2.75) is 13.0 Å². The molecule has 3 rings (SSSR count). The normalized spacial score (nSPS) is 10.8. The SMILES string of the molecule is COc1cc2[nH]c(=O)n(CCc3ccccn3)c(=O)c2cc1OC. The molecule has 2 heterocycles. The molecule has 1 aromatic carbocycles. The van der Waals surface area contributed by atoms with E-state index in [1.54, 1.807) is 18.3 Å². The molecular weight excluding hydrogens is 310 g/mol. The van der Waals surface area contributed by atoms with Gasteiger partial charge in [-0.3, -0.25) is 14.3 Å². The number of pyridine rings is 1. The fraction of sp³-hybridized carbons (Fsp3) is 0.235. The van der Waals surface area contributed by atoms with E-state index in [0.717, 1.165) is 5.69 Å². The average molecular weight is 327 g/mol. The molecular formula is C17H17N3O4. The van der Waals surface area contributed by atoms with E-state index >= 15 is 0 Å². The zero-order valence-electron chi connectivity index (χ0n) is 13.4. The number of fused-ring (bicyclic) bond motifs is 1. The van der Waals surface area contributed by atoms with Gasteiger partial charge in [0.1, 0.15) is 0 Å². The third-order valence-electron chi connectivity index (χ3n) is 3.80. The number of aromatic nitrogens is 3. The fourth-order valence-electron chi connectivity index (χ4n) is 2.56. The van der Waals surface area contributed by atoms with E-state index in [1.165, 1.54) is 18.8 Å². The Balaban J connectivity index is 2.06. The number of nitrogens with one attached hydrogen (secondary N) is 1. The highest BCUT2D eigenvalue weighted by atomic mass is 16.5. The van der Waals surface area contributed by atoms with Crippen molar-refractivity contribution in [1.29, 1.82) is 0 Å². The predicted molar refractivity (Wildman–Crippen MR) is 89.9 cm³/mol. The number of methoxy groups -OCH3 is 2. The summed E-state index contributed by atoms with van der Waals surface area (Å²) >= 11 is 0. The third kappa shape index (κ3) is 2.88. The minimum Gasteiger partial charge on any atom is -0.493 e. The van der Waals surface area contributed by atoms with Crippen LogP contribution < -0.4 is 20.7 Å². The molecule has 24 heavy (non-hydrogen) atoms. The van der Waals surface area contributed by atoms with Crippen LogP contribution in [0.5, 0.6) is 11.5 Å². The standard InChI is InChI=1S/C17H17N3O4/c1-23-14-9-12-13(10-15(14)24-2)19-17(22)20(16(12)21)8-6-11-5-3-4-7-18-11/h3-5,7,9-10H,6,8H2,1-2H3,(H,19,22). The molecule has 0 fully saturated rings. The number of nitrogens with zero attached hydrogens (tertiary/aromatic N) is 2. The van der Waals surface area contributed by atoms with Crippen LogP contribution in [0.1, 0.15) is 5.69 Å². The molecule has 0 spiro atoms. The van der Waals surface area contributed by atoms with Gasteiger partial charge in [-0.2, -0.15) is 0 Å². The van der Waals surface area contributed by atoms with E-state index in [0.29, 0.717) is 28.8 Å². The van der Waals surface area contributed by atoms with Crippen LogP contribution in [0.4, 0.5) is 0 Å². The van der Waals surface area contributed by atoms with Gasteiger partial charge in [0.05, 0.1) is 25.1 Å². The number of hydrogen-bond acceptors (Lipinski definition) is 5. The molecule has 0 amide bonds. The predicted octanol–water partition coefficient (Wildman–Crippen LogP) is 1.34. The van der Waals surface area contributed by atoms with Gasteiger partial charge in [-0.05, 0) is 18.2 Å². The van der Waals surface area contributed by atoms with Gasteiger partial charge in [-0.15, -0.1) is 0 Å². The molecule has 0 saturated carbocycles. The van der Waals surface area contributed by atoms with E-state index in [-0.39, 0.29) is 12.1 Å². The second-order valence-corrected chi connectivity index (χ2v) is 5.21. The first-order chi connectivity index (χ1) is 11.6. The van der Waals surface area contributed by atoms with E-state index in [4.69, 9.17) is 9.47 Å². The fourth-order valence-corrected chi connectivity index (χ4v) is 2.56. The molecule has 0 aliphatic rings. The van der Waals surface area contributed by atoms with Crippen molar-refractivity contribution in [2.75, 3.05) is 14.2 Å². The van der Waals surface area contributed by atoms with Crippen molar-refractivity contribution >= 4 is 10.9 Å². The molecule has 0 radical (unpaired) electrons. The summed E-state index contributed by atoms with van der Waals surface area (Å²) < 4.78 is 11.6. The van der Waals surface area contributed by atoms with Crippen LogP contribution in [-0.4, -0.2) is 28.8 Å². The third-order valence-corrected chi connectivity index (χ3v) is 3.80. The maximum Gasteiger partial charge on any atom is 0.328 e. The summed E-state index contributed by atoms with van der Waals surface area (Å²) in [4.78, 5) is 31.8. The van der Waals surface area contributed by atoms with Crippen LogP contribution in [0.25, 0.3) is 10.9 Å². The van der Waals surface area contributed by atoms with Gasteiger partial charge >= 0.3 is 5.69 Å². The number of aromatic amines is 1. The summed E-state index contributed by atoms with van der Waals surface area (Å²) in [6, 6.07) is 8.70. The molecule has 0 bridgehead atoms. The minimum atomic E-state index is -0.462. The van der Waals surface area contributed by atoms with Crippen molar-refractivity contribution in [3.8, 4) is 11.5 Å². The van der Waals surface area contributed by atoms with Gasteiger partial charge in [-0.1, -0.05) is 6.07 Å². The Morgan fingerprint density at radius 3 is 2.54 bits per heavy atom. The highest BCUT2D eigenvalue weighted by molar-refractivity contribution is 5.81. The van der Waals surface area contributed by atoms with E-state index in [9.17, 15) is 9.59 Å². The number of ether oxygens (including phenoxy) is 2. The van der Waals surface area contributed by atoms with Crippen LogP contribution in [0.15, 0.2) is 46.1 Å². The van der Waals surface area contributed by atoms with Crippen molar-refractivity contribution in [2.24, 2.45) is 0 Å².